The molecule has 4 unspecified atom stereocenters. The third-order valence-corrected chi connectivity index (χ3v) is 14.5. The third kappa shape index (κ3) is 48.1. The molecule has 66 heavy (non-hydrogen) atoms. The fourth-order valence-corrected chi connectivity index (χ4v) is 9.76. The van der Waals surface area contributed by atoms with Crippen molar-refractivity contribution in [2.45, 2.75) is 359 Å². The van der Waals surface area contributed by atoms with E-state index in [1.165, 1.54) is 270 Å². The van der Waals surface area contributed by atoms with E-state index in [1.807, 2.05) is 0 Å². The van der Waals surface area contributed by atoms with Gasteiger partial charge in [-0.15, -0.1) is 0 Å². The molecule has 0 saturated heterocycles. The Morgan fingerprint density at radius 2 is 0.621 bits per heavy atom. The fraction of sp³-hybridized carbons (Fsp3) is 0.950. The van der Waals surface area contributed by atoms with Crippen molar-refractivity contribution in [2.24, 2.45) is 0 Å². The Kier molecular flexibility index (Phi) is 54.2. The molecule has 0 aromatic carbocycles. The molecule has 0 aromatic heterocycles. The summed E-state index contributed by atoms with van der Waals surface area (Å²) in [5.74, 6) is -0.586. The van der Waals surface area contributed by atoms with Crippen molar-refractivity contribution in [1.82, 2.24) is 5.32 Å². The Morgan fingerprint density at radius 1 is 0.364 bits per heavy atom. The van der Waals surface area contributed by atoms with Crippen molar-refractivity contribution in [3.8, 4) is 0 Å². The second-order valence-corrected chi connectivity index (χ2v) is 21.1. The van der Waals surface area contributed by atoms with E-state index in [2.05, 4.69) is 31.3 Å². The molecule has 4 atom stereocenters. The van der Waals surface area contributed by atoms with Crippen molar-refractivity contribution in [1.29, 1.82) is 0 Å². The van der Waals surface area contributed by atoms with Crippen LogP contribution in [0.1, 0.15) is 335 Å². The zero-order valence-electron chi connectivity index (χ0n) is 44.7. The van der Waals surface area contributed by atoms with Gasteiger partial charge in [-0.1, -0.05) is 309 Å². The van der Waals surface area contributed by atoms with Gasteiger partial charge in [-0.05, 0) is 38.5 Å². The molecular weight excluding hydrogens is 815 g/mol. The van der Waals surface area contributed by atoms with Crippen LogP contribution in [-0.4, -0.2) is 57.3 Å². The highest BCUT2D eigenvalue weighted by atomic mass is 16.3. The first-order chi connectivity index (χ1) is 32.5. The summed E-state index contributed by atoms with van der Waals surface area (Å²) in [6.07, 6.45) is 65.9. The van der Waals surface area contributed by atoms with E-state index in [0.717, 1.165) is 38.5 Å². The lowest BCUT2D eigenvalue weighted by Gasteiger charge is -2.27. The summed E-state index contributed by atoms with van der Waals surface area (Å²) in [6, 6.07) is -0.999. The predicted octanol–water partition coefficient (Wildman–Crippen LogP) is 17.6. The maximum absolute atomic E-state index is 12.6. The summed E-state index contributed by atoms with van der Waals surface area (Å²) in [7, 11) is 0. The first-order valence-corrected chi connectivity index (χ1v) is 30.1. The minimum Gasteiger partial charge on any atom is -0.394 e. The summed E-state index contributed by atoms with van der Waals surface area (Å²) in [6.45, 7) is 4.09. The molecule has 0 spiro atoms. The molecule has 6 heteroatoms. The molecule has 0 rings (SSSR count). The van der Waals surface area contributed by atoms with Crippen LogP contribution in [0.2, 0.25) is 0 Å². The van der Waals surface area contributed by atoms with Gasteiger partial charge in [0.1, 0.15) is 12.2 Å². The Morgan fingerprint density at radius 3 is 0.909 bits per heavy atom. The molecule has 0 aliphatic carbocycles. The van der Waals surface area contributed by atoms with E-state index >= 15 is 0 Å². The first kappa shape index (κ1) is 65.0. The molecule has 0 saturated carbocycles. The van der Waals surface area contributed by atoms with E-state index in [9.17, 15) is 25.2 Å². The maximum atomic E-state index is 12.6. The van der Waals surface area contributed by atoms with E-state index in [1.54, 1.807) is 0 Å². The molecule has 6 nitrogen and oxygen atoms in total. The number of carbonyl (C=O) groups is 1. The summed E-state index contributed by atoms with van der Waals surface area (Å²) in [4.78, 5) is 12.6. The van der Waals surface area contributed by atoms with Gasteiger partial charge in [-0.3, -0.25) is 4.79 Å². The summed E-state index contributed by atoms with van der Waals surface area (Å²) in [5, 5.41) is 44.0. The summed E-state index contributed by atoms with van der Waals surface area (Å²) < 4.78 is 0. The highest BCUT2D eigenvalue weighted by Crippen LogP contribution is 2.19. The predicted molar refractivity (Wildman–Crippen MR) is 288 cm³/mol. The van der Waals surface area contributed by atoms with E-state index in [4.69, 9.17) is 0 Å². The number of rotatable bonds is 56. The van der Waals surface area contributed by atoms with Crippen molar-refractivity contribution in [3.05, 3.63) is 12.2 Å². The van der Waals surface area contributed by atoms with Crippen molar-refractivity contribution < 1.29 is 25.2 Å². The van der Waals surface area contributed by atoms with Gasteiger partial charge >= 0.3 is 0 Å². The van der Waals surface area contributed by atoms with Gasteiger partial charge in [-0.25, -0.2) is 0 Å². The summed E-state index contributed by atoms with van der Waals surface area (Å²) in [5.41, 5.74) is 0. The Labute approximate surface area is 412 Å². The number of hydrogen-bond donors (Lipinski definition) is 5. The molecular formula is C60H119NO5. The van der Waals surface area contributed by atoms with E-state index in [0.29, 0.717) is 12.8 Å². The molecule has 0 aromatic rings. The quantitative estimate of drug-likeness (QED) is 0.0308. The van der Waals surface area contributed by atoms with Gasteiger partial charge in [0.15, 0.2) is 0 Å². The Balaban J connectivity index is 3.58. The number of amides is 1. The number of aliphatic hydroxyl groups is 4. The molecule has 0 radical (unpaired) electrons. The molecule has 5 N–H and O–H groups in total. The van der Waals surface area contributed by atoms with Crippen LogP contribution < -0.4 is 5.32 Å². The number of aliphatic hydroxyl groups excluding tert-OH is 4. The van der Waals surface area contributed by atoms with Gasteiger partial charge in [0.05, 0.1) is 18.8 Å². The van der Waals surface area contributed by atoms with Gasteiger partial charge in [0.2, 0.25) is 5.91 Å². The Bertz CT molecular complexity index is 959. The number of hydrogen-bond acceptors (Lipinski definition) is 5. The lowest BCUT2D eigenvalue weighted by molar-refractivity contribution is -0.132. The van der Waals surface area contributed by atoms with Crippen LogP contribution in [0.5, 0.6) is 0 Å². The Hall–Kier alpha value is -0.950. The zero-order chi connectivity index (χ0) is 48.1. The topological polar surface area (TPSA) is 110 Å². The zero-order valence-corrected chi connectivity index (χ0v) is 44.7. The molecule has 0 aliphatic rings. The van der Waals surface area contributed by atoms with Crippen LogP contribution in [0.4, 0.5) is 0 Å². The van der Waals surface area contributed by atoms with Crippen LogP contribution in [-0.2, 0) is 4.79 Å². The largest absolute Gasteiger partial charge is 0.394 e. The van der Waals surface area contributed by atoms with Crippen LogP contribution in [0.15, 0.2) is 12.2 Å². The average molecular weight is 935 g/mol. The number of unbranched alkanes of at least 4 members (excludes halogenated alkanes) is 45. The molecule has 1 amide bonds. The lowest BCUT2D eigenvalue weighted by atomic mass is 10.00. The molecule has 0 bridgehead atoms. The molecule has 394 valence electrons. The maximum Gasteiger partial charge on any atom is 0.249 e. The highest BCUT2D eigenvalue weighted by Gasteiger charge is 2.28. The number of carbonyl (C=O) groups excluding carboxylic acids is 1. The van der Waals surface area contributed by atoms with Crippen molar-refractivity contribution in [2.75, 3.05) is 6.61 Å². The number of allylic oxidation sites excluding steroid dienone is 2. The summed E-state index contributed by atoms with van der Waals surface area (Å²) >= 11 is 0. The molecule has 0 heterocycles. The average Bonchev–Trinajstić information content (AvgIpc) is 3.32. The van der Waals surface area contributed by atoms with Crippen LogP contribution in [0.3, 0.4) is 0 Å². The smallest absolute Gasteiger partial charge is 0.249 e. The van der Waals surface area contributed by atoms with Crippen molar-refractivity contribution in [3.63, 3.8) is 0 Å². The fourth-order valence-electron chi connectivity index (χ4n) is 9.76. The molecule has 0 aliphatic heterocycles. The van der Waals surface area contributed by atoms with Crippen LogP contribution in [0.25, 0.3) is 0 Å². The monoisotopic (exact) mass is 934 g/mol. The normalized spacial score (nSPS) is 13.7. The molecule has 0 fully saturated rings. The highest BCUT2D eigenvalue weighted by molar-refractivity contribution is 5.80. The third-order valence-electron chi connectivity index (χ3n) is 14.5. The SMILES string of the molecule is CCCCCCCCCCCCCCCCCC/C=C/CCCC(O)C(O)C(CO)NC(=O)C(O)CCCCCCCCCCCCCCCCCCCCCCCCCCCCCCC. The minimum absolute atomic E-state index is 0.369. The van der Waals surface area contributed by atoms with Crippen LogP contribution in [0, 0.1) is 0 Å². The number of nitrogens with one attached hydrogen (secondary N) is 1. The van der Waals surface area contributed by atoms with E-state index < -0.39 is 36.9 Å². The second kappa shape index (κ2) is 55.0. The second-order valence-electron chi connectivity index (χ2n) is 21.1. The van der Waals surface area contributed by atoms with Gasteiger partial charge in [0, 0.05) is 0 Å². The lowest BCUT2D eigenvalue weighted by Crippen LogP contribution is -2.53. The van der Waals surface area contributed by atoms with Gasteiger partial charge in [-0.2, -0.15) is 0 Å². The van der Waals surface area contributed by atoms with Gasteiger partial charge < -0.3 is 25.7 Å². The van der Waals surface area contributed by atoms with Gasteiger partial charge in [0.25, 0.3) is 0 Å². The van der Waals surface area contributed by atoms with E-state index in [-0.39, 0.29) is 0 Å². The first-order valence-electron chi connectivity index (χ1n) is 30.1. The standard InChI is InChI=1S/C60H119NO5/c1-3-5-7-9-11-13-15-17-19-21-23-25-26-27-28-29-30-31-32-34-36-38-40-42-44-46-48-50-52-54-58(64)60(66)61-56(55-62)59(65)57(63)53-51-49-47-45-43-41-39-37-35-33-24-22-20-18-16-14-12-10-8-6-4-2/h45,47,56-59,62-65H,3-44,46,48-55H2,1-2H3,(H,61,66)/b47-45+. The van der Waals surface area contributed by atoms with Crippen molar-refractivity contribution >= 4 is 5.91 Å². The van der Waals surface area contributed by atoms with Crippen LogP contribution >= 0.6 is 0 Å². The minimum atomic E-state index is -1.28.